The van der Waals surface area contributed by atoms with Gasteiger partial charge in [0.2, 0.25) is 5.69 Å². The summed E-state index contributed by atoms with van der Waals surface area (Å²) in [5.41, 5.74) is 8.95. The largest absolute Gasteiger partial charge is 0.260 e. The normalized spacial score (nSPS) is 14.2. The first-order valence-electron chi connectivity index (χ1n) is 9.48. The van der Waals surface area contributed by atoms with Crippen LogP contribution in [0, 0.1) is 6.92 Å². The second-order valence-electron chi connectivity index (χ2n) is 8.07. The molecule has 2 nitrogen and oxygen atoms in total. The first kappa shape index (κ1) is 16.2. The Kier molecular flexibility index (Phi) is 3.30. The van der Waals surface area contributed by atoms with Crippen LogP contribution in [0.4, 0.5) is 0 Å². The molecule has 2 aromatic heterocycles. The second-order valence-corrected chi connectivity index (χ2v) is 8.07. The summed E-state index contributed by atoms with van der Waals surface area (Å²) in [7, 11) is 2.15. The molecule has 4 aromatic rings. The van der Waals surface area contributed by atoms with Crippen LogP contribution in [-0.4, -0.2) is 4.98 Å². The molecule has 1 aliphatic rings. The maximum atomic E-state index is 4.77. The molecule has 0 fully saturated rings. The molecule has 27 heavy (non-hydrogen) atoms. The summed E-state index contributed by atoms with van der Waals surface area (Å²) in [6.07, 6.45) is 4.08. The first-order chi connectivity index (χ1) is 13.0. The van der Waals surface area contributed by atoms with Crippen LogP contribution >= 0.6 is 0 Å². The molecule has 0 N–H and O–H groups in total. The number of benzene rings is 2. The van der Waals surface area contributed by atoms with Crippen LogP contribution in [0.2, 0.25) is 0 Å². The molecule has 0 atom stereocenters. The van der Waals surface area contributed by atoms with Crippen LogP contribution < -0.4 is 4.57 Å². The third-order valence-electron chi connectivity index (χ3n) is 6.01. The van der Waals surface area contributed by atoms with Crippen LogP contribution in [-0.2, 0) is 12.5 Å². The van der Waals surface area contributed by atoms with E-state index in [1.807, 2.05) is 12.3 Å². The quantitative estimate of drug-likeness (QED) is 0.423. The van der Waals surface area contributed by atoms with Crippen molar-refractivity contribution in [2.24, 2.45) is 7.05 Å². The number of nitrogens with zero attached hydrogens (tertiary/aromatic N) is 2. The highest BCUT2D eigenvalue weighted by Gasteiger charge is 2.41. The number of hydrogen-bond donors (Lipinski definition) is 0. The third-order valence-corrected chi connectivity index (χ3v) is 6.01. The Hall–Kier alpha value is -3.00. The van der Waals surface area contributed by atoms with Crippen molar-refractivity contribution in [3.05, 3.63) is 83.8 Å². The Morgan fingerprint density at radius 1 is 0.889 bits per heavy atom. The van der Waals surface area contributed by atoms with Gasteiger partial charge in [0, 0.05) is 23.2 Å². The van der Waals surface area contributed by atoms with Crippen molar-refractivity contribution >= 4 is 10.8 Å². The summed E-state index contributed by atoms with van der Waals surface area (Å²) in [5.74, 6) is 0. The van der Waals surface area contributed by atoms with Gasteiger partial charge >= 0.3 is 0 Å². The SMILES string of the molecule is Cc1ccc2c(c1-c1c3ccccc3cc[n+]1C)C(C)(C)c1ncccc1-2. The molecule has 1 aliphatic carbocycles. The predicted octanol–water partition coefficient (Wildman–Crippen LogP) is 5.34. The Morgan fingerprint density at radius 2 is 1.70 bits per heavy atom. The van der Waals surface area contributed by atoms with Crippen molar-refractivity contribution in [1.29, 1.82) is 0 Å². The van der Waals surface area contributed by atoms with E-state index < -0.39 is 0 Å². The number of aryl methyl sites for hydroxylation is 2. The van der Waals surface area contributed by atoms with Crippen LogP contribution in [0.5, 0.6) is 0 Å². The van der Waals surface area contributed by atoms with Gasteiger partial charge in [-0.15, -0.1) is 0 Å². The Labute approximate surface area is 160 Å². The van der Waals surface area contributed by atoms with Gasteiger partial charge in [-0.3, -0.25) is 4.98 Å². The zero-order valence-corrected chi connectivity index (χ0v) is 16.2. The fraction of sp³-hybridized carbons (Fsp3) is 0.200. The molecule has 0 saturated carbocycles. The van der Waals surface area contributed by atoms with Crippen molar-refractivity contribution in [2.45, 2.75) is 26.2 Å². The molecule has 132 valence electrons. The average Bonchev–Trinajstić information content (AvgIpc) is 2.90. The third kappa shape index (κ3) is 2.13. The monoisotopic (exact) mass is 351 g/mol. The van der Waals surface area contributed by atoms with E-state index in [9.17, 15) is 0 Å². The lowest BCUT2D eigenvalue weighted by Crippen LogP contribution is -2.32. The minimum absolute atomic E-state index is 0.128. The van der Waals surface area contributed by atoms with E-state index in [2.05, 4.69) is 87.1 Å². The molecule has 0 bridgehead atoms. The van der Waals surface area contributed by atoms with E-state index in [0.717, 1.165) is 0 Å². The maximum Gasteiger partial charge on any atom is 0.220 e. The predicted molar refractivity (Wildman–Crippen MR) is 111 cm³/mol. The molecule has 2 heteroatoms. The van der Waals surface area contributed by atoms with Gasteiger partial charge < -0.3 is 0 Å². The molecule has 5 rings (SSSR count). The van der Waals surface area contributed by atoms with Gasteiger partial charge in [-0.1, -0.05) is 50.2 Å². The van der Waals surface area contributed by atoms with Crippen molar-refractivity contribution in [3.8, 4) is 22.4 Å². The Bertz CT molecular complexity index is 1220. The summed E-state index contributed by atoms with van der Waals surface area (Å²) < 4.78 is 2.26. The second kappa shape index (κ2) is 5.50. The smallest absolute Gasteiger partial charge is 0.220 e. The van der Waals surface area contributed by atoms with Crippen LogP contribution in [0.3, 0.4) is 0 Å². The summed E-state index contributed by atoms with van der Waals surface area (Å²) in [6.45, 7) is 6.83. The summed E-state index contributed by atoms with van der Waals surface area (Å²) in [5, 5.41) is 2.56. The number of fused-ring (bicyclic) bond motifs is 4. The van der Waals surface area contributed by atoms with Gasteiger partial charge in [-0.2, -0.15) is 0 Å². The van der Waals surface area contributed by atoms with Gasteiger partial charge in [0.15, 0.2) is 6.20 Å². The molecule has 0 spiro atoms. The van der Waals surface area contributed by atoms with E-state index in [0.29, 0.717) is 0 Å². The molecule has 0 unspecified atom stereocenters. The Balaban J connectivity index is 1.95. The lowest BCUT2D eigenvalue weighted by molar-refractivity contribution is -0.659. The minimum Gasteiger partial charge on any atom is -0.260 e. The lowest BCUT2D eigenvalue weighted by Gasteiger charge is -2.24. The van der Waals surface area contributed by atoms with Crippen molar-refractivity contribution < 1.29 is 4.57 Å². The van der Waals surface area contributed by atoms with Crippen molar-refractivity contribution in [1.82, 2.24) is 4.98 Å². The standard InChI is InChI=1S/C25H23N2/c1-16-11-12-19-20-10-7-14-26-24(20)25(2,3)22(19)21(16)23-18-9-6-5-8-17(18)13-15-27(23)4/h5-15H,1-4H3/q+1. The number of hydrogen-bond acceptors (Lipinski definition) is 1. The van der Waals surface area contributed by atoms with E-state index in [4.69, 9.17) is 4.98 Å². The van der Waals surface area contributed by atoms with Gasteiger partial charge in [0.25, 0.3) is 0 Å². The van der Waals surface area contributed by atoms with Crippen LogP contribution in [0.25, 0.3) is 33.2 Å². The highest BCUT2D eigenvalue weighted by atomic mass is 14.9. The fourth-order valence-corrected chi connectivity index (χ4v) is 4.75. The molecule has 2 aromatic carbocycles. The Morgan fingerprint density at radius 3 is 2.56 bits per heavy atom. The zero-order chi connectivity index (χ0) is 18.8. The summed E-state index contributed by atoms with van der Waals surface area (Å²) >= 11 is 0. The highest BCUT2D eigenvalue weighted by molar-refractivity contribution is 5.97. The van der Waals surface area contributed by atoms with Gasteiger partial charge in [-0.25, -0.2) is 4.57 Å². The molecule has 0 radical (unpaired) electrons. The molecular formula is C25H23N2+. The first-order valence-corrected chi connectivity index (χ1v) is 9.48. The van der Waals surface area contributed by atoms with Crippen molar-refractivity contribution in [3.63, 3.8) is 0 Å². The minimum atomic E-state index is -0.128. The lowest BCUT2D eigenvalue weighted by atomic mass is 9.79. The summed E-state index contributed by atoms with van der Waals surface area (Å²) in [4.78, 5) is 4.77. The molecule has 0 aliphatic heterocycles. The maximum absolute atomic E-state index is 4.77. The van der Waals surface area contributed by atoms with E-state index in [-0.39, 0.29) is 5.41 Å². The van der Waals surface area contributed by atoms with E-state index in [1.54, 1.807) is 0 Å². The molecular weight excluding hydrogens is 328 g/mol. The molecule has 0 saturated heterocycles. The topological polar surface area (TPSA) is 16.8 Å². The molecule has 2 heterocycles. The number of rotatable bonds is 1. The van der Waals surface area contributed by atoms with Gasteiger partial charge in [-0.05, 0) is 41.1 Å². The average molecular weight is 351 g/mol. The van der Waals surface area contributed by atoms with Gasteiger partial charge in [0.05, 0.1) is 16.6 Å². The number of aromatic nitrogens is 2. The van der Waals surface area contributed by atoms with Crippen LogP contribution in [0.15, 0.2) is 67.0 Å². The highest BCUT2D eigenvalue weighted by Crippen LogP contribution is 2.52. The fourth-order valence-electron chi connectivity index (χ4n) is 4.75. The van der Waals surface area contributed by atoms with Gasteiger partial charge in [0.1, 0.15) is 7.05 Å². The van der Waals surface area contributed by atoms with Crippen molar-refractivity contribution in [2.75, 3.05) is 0 Å². The van der Waals surface area contributed by atoms with E-state index >= 15 is 0 Å². The van der Waals surface area contributed by atoms with Crippen LogP contribution in [0.1, 0.15) is 30.7 Å². The summed E-state index contributed by atoms with van der Waals surface area (Å²) in [6, 6.07) is 19.6. The van der Waals surface area contributed by atoms with E-state index in [1.165, 1.54) is 50.0 Å². The molecule has 0 amide bonds. The number of pyridine rings is 2. The zero-order valence-electron chi connectivity index (χ0n) is 16.2.